The lowest BCUT2D eigenvalue weighted by atomic mass is 9.82. The van der Waals surface area contributed by atoms with E-state index >= 15 is 0 Å². The van der Waals surface area contributed by atoms with Gasteiger partial charge >= 0.3 is 0 Å². The van der Waals surface area contributed by atoms with Crippen LogP contribution < -0.4 is 0 Å². The minimum atomic E-state index is -1.60. The Kier molecular flexibility index (Phi) is 4.47. The van der Waals surface area contributed by atoms with Gasteiger partial charge in [0, 0.05) is 5.41 Å². The van der Waals surface area contributed by atoms with Crippen LogP contribution in [0.25, 0.3) is 0 Å². The molecule has 0 aromatic rings. The molecule has 0 aliphatic carbocycles. The minimum absolute atomic E-state index is 0.441. The lowest BCUT2D eigenvalue weighted by Gasteiger charge is -2.35. The predicted molar refractivity (Wildman–Crippen MR) is 59.0 cm³/mol. The van der Waals surface area contributed by atoms with Gasteiger partial charge in [0.15, 0.2) is 0 Å². The van der Waals surface area contributed by atoms with Crippen molar-refractivity contribution in [2.45, 2.75) is 44.3 Å². The molecule has 0 aliphatic rings. The van der Waals surface area contributed by atoms with E-state index in [1.807, 2.05) is 13.8 Å². The molecule has 0 spiro atoms. The minimum Gasteiger partial charge on any atom is -0.357 e. The second-order valence-electron chi connectivity index (χ2n) is 4.19. The average molecular weight is 286 g/mol. The van der Waals surface area contributed by atoms with Crippen molar-refractivity contribution in [3.05, 3.63) is 0 Å². The largest absolute Gasteiger partial charge is 0.357 e. The van der Waals surface area contributed by atoms with E-state index in [1.54, 1.807) is 22.6 Å². The van der Waals surface area contributed by atoms with E-state index in [9.17, 15) is 10.2 Å². The molecule has 0 radical (unpaired) electrons. The molecule has 0 aromatic carbocycles. The summed E-state index contributed by atoms with van der Waals surface area (Å²) in [6.07, 6.45) is 1.91. The fraction of sp³-hybridized carbons (Fsp3) is 1.00. The van der Waals surface area contributed by atoms with Crippen LogP contribution in [0, 0.1) is 11.3 Å². The Labute approximate surface area is 88.5 Å². The van der Waals surface area contributed by atoms with Crippen LogP contribution in [0.15, 0.2) is 0 Å². The Morgan fingerprint density at radius 3 is 2.00 bits per heavy atom. The first kappa shape index (κ1) is 12.7. The molecule has 2 N–H and O–H groups in total. The fourth-order valence-electron chi connectivity index (χ4n) is 1.15. The zero-order chi connectivity index (χ0) is 9.99. The Morgan fingerprint density at radius 1 is 1.33 bits per heavy atom. The first-order valence-electron chi connectivity index (χ1n) is 4.34. The molecule has 3 heteroatoms. The molecule has 1 unspecified atom stereocenters. The van der Waals surface area contributed by atoms with Gasteiger partial charge in [0.2, 0.25) is 3.79 Å². The van der Waals surface area contributed by atoms with E-state index in [0.29, 0.717) is 5.92 Å². The lowest BCUT2D eigenvalue weighted by Crippen LogP contribution is -2.39. The molecule has 0 heterocycles. The van der Waals surface area contributed by atoms with Crippen molar-refractivity contribution in [3.63, 3.8) is 0 Å². The lowest BCUT2D eigenvalue weighted by molar-refractivity contribution is -0.145. The molecule has 74 valence electrons. The van der Waals surface area contributed by atoms with Crippen molar-refractivity contribution in [2.24, 2.45) is 11.3 Å². The van der Waals surface area contributed by atoms with Crippen molar-refractivity contribution in [1.29, 1.82) is 0 Å². The maximum atomic E-state index is 9.43. The van der Waals surface area contributed by atoms with Crippen molar-refractivity contribution in [1.82, 2.24) is 0 Å². The summed E-state index contributed by atoms with van der Waals surface area (Å²) in [7, 11) is 0. The summed E-state index contributed by atoms with van der Waals surface area (Å²) in [5, 5.41) is 18.9. The number of aliphatic hydroxyl groups is 2. The molecule has 1 atom stereocenters. The fourth-order valence-corrected chi connectivity index (χ4v) is 1.37. The van der Waals surface area contributed by atoms with Crippen LogP contribution in [0.3, 0.4) is 0 Å². The zero-order valence-corrected chi connectivity index (χ0v) is 10.4. The Hall–Kier alpha value is 0.650. The molecule has 0 amide bonds. The highest BCUT2D eigenvalue weighted by atomic mass is 127. The third kappa shape index (κ3) is 3.58. The summed E-state index contributed by atoms with van der Waals surface area (Å²) in [4.78, 5) is 0. The molecule has 0 saturated heterocycles. The van der Waals surface area contributed by atoms with Crippen LogP contribution >= 0.6 is 22.6 Å². The number of rotatable bonds is 4. The maximum absolute atomic E-state index is 9.43. The number of hydrogen-bond acceptors (Lipinski definition) is 2. The molecule has 0 bridgehead atoms. The van der Waals surface area contributed by atoms with Crippen LogP contribution in [-0.4, -0.2) is 14.0 Å². The van der Waals surface area contributed by atoms with E-state index in [-0.39, 0.29) is 0 Å². The summed E-state index contributed by atoms with van der Waals surface area (Å²) < 4.78 is -1.60. The van der Waals surface area contributed by atoms with Gasteiger partial charge in [-0.2, -0.15) is 0 Å². The third-order valence-corrected chi connectivity index (χ3v) is 3.88. The van der Waals surface area contributed by atoms with Gasteiger partial charge in [-0.05, 0) is 34.9 Å². The van der Waals surface area contributed by atoms with E-state index in [4.69, 9.17) is 0 Å². The van der Waals surface area contributed by atoms with Crippen LogP contribution in [0.5, 0.6) is 0 Å². The molecule has 0 rings (SSSR count). The molecule has 12 heavy (non-hydrogen) atoms. The van der Waals surface area contributed by atoms with Crippen molar-refractivity contribution in [2.75, 3.05) is 0 Å². The van der Waals surface area contributed by atoms with Gasteiger partial charge in [0.25, 0.3) is 0 Å². The molecule has 2 nitrogen and oxygen atoms in total. The maximum Gasteiger partial charge on any atom is 0.221 e. The van der Waals surface area contributed by atoms with Gasteiger partial charge in [-0.15, -0.1) is 0 Å². The van der Waals surface area contributed by atoms with Gasteiger partial charge in [-0.1, -0.05) is 34.1 Å². The first-order chi connectivity index (χ1) is 5.20. The SMILES string of the molecule is CCC(C)CC(C)(C)C(O)(O)I. The highest BCUT2D eigenvalue weighted by Gasteiger charge is 2.39. The summed E-state index contributed by atoms with van der Waals surface area (Å²) >= 11 is 1.68. The van der Waals surface area contributed by atoms with Crippen molar-refractivity contribution >= 4 is 22.6 Å². The summed E-state index contributed by atoms with van der Waals surface area (Å²) in [5.74, 6) is 0.536. The van der Waals surface area contributed by atoms with Crippen LogP contribution in [0.2, 0.25) is 0 Å². The van der Waals surface area contributed by atoms with Gasteiger partial charge in [-0.25, -0.2) is 0 Å². The number of halogens is 1. The summed E-state index contributed by atoms with van der Waals surface area (Å²) in [6.45, 7) is 8.01. The van der Waals surface area contributed by atoms with Gasteiger partial charge in [0.05, 0.1) is 0 Å². The van der Waals surface area contributed by atoms with Crippen LogP contribution in [0.4, 0.5) is 0 Å². The van der Waals surface area contributed by atoms with E-state index in [1.165, 1.54) is 0 Å². The predicted octanol–water partition coefficient (Wildman–Crippen LogP) is 2.52. The highest BCUT2D eigenvalue weighted by Crippen LogP contribution is 2.40. The standard InChI is InChI=1S/C9H19IO2/c1-5-7(2)6-8(3,4)9(10,11)12/h7,11-12H,5-6H2,1-4H3. The van der Waals surface area contributed by atoms with Gasteiger partial charge < -0.3 is 10.2 Å². The molecule has 0 saturated carbocycles. The number of hydrogen-bond donors (Lipinski definition) is 2. The zero-order valence-electron chi connectivity index (χ0n) is 8.26. The normalized spacial score (nSPS) is 16.2. The van der Waals surface area contributed by atoms with E-state index < -0.39 is 9.21 Å². The van der Waals surface area contributed by atoms with E-state index in [0.717, 1.165) is 12.8 Å². The van der Waals surface area contributed by atoms with Crippen molar-refractivity contribution < 1.29 is 10.2 Å². The van der Waals surface area contributed by atoms with Crippen LogP contribution in [0.1, 0.15) is 40.5 Å². The molecular weight excluding hydrogens is 267 g/mol. The Morgan fingerprint density at radius 2 is 1.75 bits per heavy atom. The van der Waals surface area contributed by atoms with Gasteiger partial charge in [-0.3, -0.25) is 0 Å². The average Bonchev–Trinajstić information content (AvgIpc) is 1.84. The molecule has 0 aromatic heterocycles. The second-order valence-corrected chi connectivity index (χ2v) is 5.69. The monoisotopic (exact) mass is 286 g/mol. The smallest absolute Gasteiger partial charge is 0.221 e. The third-order valence-electron chi connectivity index (χ3n) is 2.42. The topological polar surface area (TPSA) is 40.5 Å². The van der Waals surface area contributed by atoms with Gasteiger partial charge in [0.1, 0.15) is 0 Å². The molecule has 0 aliphatic heterocycles. The molecule has 0 fully saturated rings. The molecular formula is C9H19IO2. The summed E-state index contributed by atoms with van der Waals surface area (Å²) in [6, 6.07) is 0. The Balaban J connectivity index is 4.22. The van der Waals surface area contributed by atoms with E-state index in [2.05, 4.69) is 13.8 Å². The highest BCUT2D eigenvalue weighted by molar-refractivity contribution is 14.1. The second kappa shape index (κ2) is 4.24. The number of alkyl halides is 1. The first-order valence-corrected chi connectivity index (χ1v) is 5.42. The quantitative estimate of drug-likeness (QED) is 0.473. The van der Waals surface area contributed by atoms with Crippen molar-refractivity contribution in [3.8, 4) is 0 Å². The Bertz CT molecular complexity index is 138. The summed E-state index contributed by atoms with van der Waals surface area (Å²) in [5.41, 5.74) is -0.441. The van der Waals surface area contributed by atoms with Crippen LogP contribution in [-0.2, 0) is 0 Å².